The minimum atomic E-state index is -1.85. The van der Waals surface area contributed by atoms with Gasteiger partial charge in [-0.05, 0) is 52.7 Å². The van der Waals surface area contributed by atoms with Gasteiger partial charge in [-0.1, -0.05) is 97.2 Å². The number of ether oxygens (including phenoxy) is 3. The van der Waals surface area contributed by atoms with E-state index in [1.54, 1.807) is 12.1 Å². The quantitative estimate of drug-likeness (QED) is 0.100. The lowest BCUT2D eigenvalue weighted by Crippen LogP contribution is -2.61. The number of cyclic esters (lactones) is 1. The summed E-state index contributed by atoms with van der Waals surface area (Å²) in [6.45, 7) is 7.11. The minimum absolute atomic E-state index is 0.00518. The zero-order chi connectivity index (χ0) is 44.0. The van der Waals surface area contributed by atoms with Crippen molar-refractivity contribution in [1.82, 2.24) is 0 Å². The normalized spacial score (nSPS) is 29.2. The summed E-state index contributed by atoms with van der Waals surface area (Å²) in [5, 5.41) is 12.9. The van der Waals surface area contributed by atoms with Crippen LogP contribution in [0, 0.1) is 11.8 Å². The largest absolute Gasteiger partial charge is 0.494 e. The molecule has 1 N–H and O–H groups in total. The van der Waals surface area contributed by atoms with Crippen molar-refractivity contribution >= 4 is 163 Å². The number of aliphatic hydroxyl groups is 1. The van der Waals surface area contributed by atoms with Gasteiger partial charge in [-0.2, -0.15) is 0 Å². The third-order valence-electron chi connectivity index (χ3n) is 9.06. The molecule has 0 aliphatic carbocycles. The SMILES string of the molecule is CCOc1ccc(C(OP)c2cc([C@]3(O)O[C@H](COP)[C@@H](C)[C@H](OP(P)P)[C@H]3OP(P)PP)ccc2Cl)cc1.C[C@H]1[C@H](OP(P)P)[C@@H](OP(P)PP)C(=O)O[C@@H]1COP. The second-order valence-electron chi connectivity index (χ2n) is 12.8. The van der Waals surface area contributed by atoms with Gasteiger partial charge in [-0.3, -0.25) is 0 Å². The average Bonchev–Trinajstić information content (AvgIpc) is 3.20. The molecule has 0 radical (unpaired) electrons. The highest BCUT2D eigenvalue weighted by atomic mass is 35.5. The predicted molar refractivity (Wildman–Crippen MR) is 291 cm³/mol. The van der Waals surface area contributed by atoms with Gasteiger partial charge in [0.2, 0.25) is 5.79 Å². The molecular formula is C29H56ClO12P17. The maximum absolute atomic E-state index is 12.4. The summed E-state index contributed by atoms with van der Waals surface area (Å²) in [7, 11) is 25.7. The highest BCUT2D eigenvalue weighted by Crippen LogP contribution is 2.70. The van der Waals surface area contributed by atoms with Crippen LogP contribution in [0.15, 0.2) is 42.5 Å². The lowest BCUT2D eigenvalue weighted by Gasteiger charge is -2.50. The molecule has 12 nitrogen and oxygen atoms in total. The molecule has 25 atom stereocenters. The van der Waals surface area contributed by atoms with Crippen molar-refractivity contribution < 1.29 is 55.8 Å². The van der Waals surface area contributed by atoms with Crippen LogP contribution in [0.25, 0.3) is 0 Å². The standard InChI is InChI=1S/C22H36ClO7P9.C7H20O5P8/c1-3-25-15-7-4-13(5-8-15)20(28-32)16-10-14(6-9-17(16)23)22(24)21(30-39(36)37-33)19(29-38(34)35)12(2)18(27-22)11-26-31;1-3-4(2-9-13)10-7(8)6(12-20(17)18-14)5(3)11-19(15)16/h4-10,12,18-21,24,37H,3,11,31-36H2,1-2H3;3-6,18H,2,13-17H2,1H3/t12-,18-,19+,20?,21-,22+,39?;3-,4-,5+,6-,20?/m11/s1. The Kier molecular flexibility index (Phi) is 29.5. The van der Waals surface area contributed by atoms with Crippen molar-refractivity contribution in [3.8, 4) is 5.75 Å². The Morgan fingerprint density at radius 3 is 1.93 bits per heavy atom. The fourth-order valence-corrected chi connectivity index (χ4v) is 13.9. The predicted octanol–water partition coefficient (Wildman–Crippen LogP) is 11.6. The molecule has 0 bridgehead atoms. The van der Waals surface area contributed by atoms with E-state index < -0.39 is 66.4 Å². The molecule has 0 saturated carbocycles. The van der Waals surface area contributed by atoms with E-state index in [0.29, 0.717) is 45.3 Å². The molecule has 59 heavy (non-hydrogen) atoms. The molecule has 2 aliphatic rings. The van der Waals surface area contributed by atoms with Crippen LogP contribution >= 0.6 is 157 Å². The summed E-state index contributed by atoms with van der Waals surface area (Å²) in [6.07, 6.45) is -3.59. The summed E-state index contributed by atoms with van der Waals surface area (Å²) in [5.41, 5.74) is 2.02. The molecule has 2 aromatic rings. The number of carbonyl (C=O) groups excluding carboxylic acids is 1. The van der Waals surface area contributed by atoms with Crippen LogP contribution in [-0.2, 0) is 51.7 Å². The lowest BCUT2D eigenvalue weighted by atomic mass is 9.83. The topological polar surface area (TPSA) is 130 Å². The first-order valence-corrected chi connectivity index (χ1v) is 41.2. The van der Waals surface area contributed by atoms with E-state index in [9.17, 15) is 9.90 Å². The number of benzene rings is 2. The second-order valence-corrected chi connectivity index (χ2v) is 42.7. The Labute approximate surface area is 387 Å². The van der Waals surface area contributed by atoms with Crippen LogP contribution < -0.4 is 4.74 Å². The van der Waals surface area contributed by atoms with Gasteiger partial charge >= 0.3 is 5.97 Å². The molecule has 2 heterocycles. The smallest absolute Gasteiger partial charge is 0.338 e. The van der Waals surface area contributed by atoms with Crippen LogP contribution in [-0.4, -0.2) is 67.5 Å². The molecular weight excluding hydrogens is 1100 g/mol. The Bertz CT molecular complexity index is 1570. The van der Waals surface area contributed by atoms with E-state index in [1.807, 2.05) is 51.1 Å². The molecule has 2 aromatic carbocycles. The van der Waals surface area contributed by atoms with Crippen LogP contribution in [0.3, 0.4) is 0 Å². The Morgan fingerprint density at radius 2 is 1.39 bits per heavy atom. The van der Waals surface area contributed by atoms with Gasteiger partial charge in [0.1, 0.15) is 30.2 Å². The molecule has 336 valence electrons. The molecule has 2 fully saturated rings. The van der Waals surface area contributed by atoms with Gasteiger partial charge in [0.05, 0.1) is 62.1 Å². The van der Waals surface area contributed by atoms with Gasteiger partial charge in [0, 0.05) is 56.4 Å². The Morgan fingerprint density at radius 1 is 0.831 bits per heavy atom. The van der Waals surface area contributed by atoms with Gasteiger partial charge in [0.15, 0.2) is 6.10 Å². The Balaban J connectivity index is 0.000000391. The number of hydrogen-bond acceptors (Lipinski definition) is 12. The summed E-state index contributed by atoms with van der Waals surface area (Å²) in [6, 6.07) is 12.9. The van der Waals surface area contributed by atoms with Gasteiger partial charge in [-0.25, -0.2) is 4.79 Å². The molecule has 0 spiro atoms. The zero-order valence-corrected chi connectivity index (χ0v) is 51.3. The van der Waals surface area contributed by atoms with Gasteiger partial charge < -0.3 is 51.0 Å². The fourth-order valence-electron chi connectivity index (χ4n) is 6.18. The van der Waals surface area contributed by atoms with Crippen molar-refractivity contribution in [2.24, 2.45) is 11.8 Å². The van der Waals surface area contributed by atoms with E-state index >= 15 is 0 Å². The number of hydrogen-bond donors (Lipinski definition) is 1. The van der Waals surface area contributed by atoms with E-state index in [4.69, 9.17) is 57.5 Å². The number of carbonyl (C=O) groups is 1. The lowest BCUT2D eigenvalue weighted by molar-refractivity contribution is -0.336. The maximum Gasteiger partial charge on any atom is 0.338 e. The van der Waals surface area contributed by atoms with Crippen molar-refractivity contribution in [3.63, 3.8) is 0 Å². The van der Waals surface area contributed by atoms with E-state index in [1.165, 1.54) is 0 Å². The van der Waals surface area contributed by atoms with E-state index in [2.05, 4.69) is 99.8 Å². The number of esters is 1. The highest BCUT2D eigenvalue weighted by molar-refractivity contribution is 8.60. The molecule has 30 heteroatoms. The molecule has 0 aromatic heterocycles. The third kappa shape index (κ3) is 17.4. The van der Waals surface area contributed by atoms with Crippen molar-refractivity contribution in [2.75, 3.05) is 19.8 Å². The van der Waals surface area contributed by atoms with Crippen LogP contribution in [0.4, 0.5) is 0 Å². The zero-order valence-electron chi connectivity index (χ0n) is 32.3. The maximum atomic E-state index is 12.4. The average molecular weight is 1160 g/mol. The van der Waals surface area contributed by atoms with Crippen molar-refractivity contribution in [3.05, 3.63) is 64.2 Å². The highest BCUT2D eigenvalue weighted by Gasteiger charge is 2.56. The minimum Gasteiger partial charge on any atom is -0.494 e. The summed E-state index contributed by atoms with van der Waals surface area (Å²) >= 11 is 6.71. The first-order valence-electron chi connectivity index (χ1n) is 17.4. The second kappa shape index (κ2) is 29.9. The summed E-state index contributed by atoms with van der Waals surface area (Å²) < 4.78 is 58.3. The van der Waals surface area contributed by atoms with Crippen molar-refractivity contribution in [2.45, 2.75) is 69.3 Å². The Hall–Kier alpha value is 4.95. The molecule has 16 unspecified atom stereocenters. The molecule has 4 rings (SSSR count). The molecule has 0 amide bonds. The first kappa shape index (κ1) is 58.3. The van der Waals surface area contributed by atoms with Gasteiger partial charge in [-0.15, -0.1) is 17.9 Å². The van der Waals surface area contributed by atoms with E-state index in [0.717, 1.165) is 11.3 Å². The first-order chi connectivity index (χ1) is 28.0. The van der Waals surface area contributed by atoms with Crippen LogP contribution in [0.5, 0.6) is 5.75 Å². The van der Waals surface area contributed by atoms with Crippen molar-refractivity contribution in [1.29, 1.82) is 0 Å². The number of rotatable bonds is 20. The third-order valence-corrected chi connectivity index (χ3v) is 29.4. The van der Waals surface area contributed by atoms with Gasteiger partial charge in [0.25, 0.3) is 0 Å². The summed E-state index contributed by atoms with van der Waals surface area (Å²) in [5.74, 6) is -1.57. The molecule has 2 aliphatic heterocycles. The summed E-state index contributed by atoms with van der Waals surface area (Å²) in [4.78, 5) is 12.2. The van der Waals surface area contributed by atoms with E-state index in [-0.39, 0.29) is 36.6 Å². The monoisotopic (exact) mass is 1160 g/mol. The van der Waals surface area contributed by atoms with Crippen LogP contribution in [0.2, 0.25) is 5.02 Å². The fraction of sp³-hybridized carbons (Fsp3) is 0.552. The number of halogens is 1. The molecule has 2 saturated heterocycles. The van der Waals surface area contributed by atoms with Crippen LogP contribution in [0.1, 0.15) is 43.6 Å².